The van der Waals surface area contributed by atoms with Gasteiger partial charge in [-0.1, -0.05) is 5.21 Å². The van der Waals surface area contributed by atoms with E-state index in [0.29, 0.717) is 37.5 Å². The minimum atomic E-state index is -0.627. The molecule has 3 atom stereocenters. The number of thiazole rings is 1. The Morgan fingerprint density at radius 2 is 2.11 bits per heavy atom. The van der Waals surface area contributed by atoms with E-state index in [1.165, 1.54) is 11.3 Å². The number of aromatic nitrogens is 6. The second-order valence-corrected chi connectivity index (χ2v) is 9.89. The molecule has 36 heavy (non-hydrogen) atoms. The fourth-order valence-electron chi connectivity index (χ4n) is 4.48. The second-order valence-electron chi connectivity index (χ2n) is 8.83. The fraction of sp³-hybridized carbons (Fsp3) is 0.360. The van der Waals surface area contributed by atoms with Crippen LogP contribution in [0.15, 0.2) is 42.9 Å². The number of rotatable bonds is 7. The summed E-state index contributed by atoms with van der Waals surface area (Å²) in [5.74, 6) is 0.741. The highest BCUT2D eigenvalue weighted by Crippen LogP contribution is 2.40. The zero-order chi connectivity index (χ0) is 25.1. The predicted molar refractivity (Wildman–Crippen MR) is 136 cm³/mol. The number of carbonyl (C=O) groups excluding carboxylic acids is 1. The van der Waals surface area contributed by atoms with E-state index in [1.54, 1.807) is 25.5 Å². The Morgan fingerprint density at radius 3 is 2.89 bits per heavy atom. The average molecular weight is 506 g/mol. The maximum Gasteiger partial charge on any atom is 0.309 e. The van der Waals surface area contributed by atoms with Gasteiger partial charge in [0.25, 0.3) is 0 Å². The molecular formula is C25H27N7O3S. The van der Waals surface area contributed by atoms with Crippen molar-refractivity contribution in [2.24, 2.45) is 5.92 Å². The van der Waals surface area contributed by atoms with Crippen molar-refractivity contribution in [3.63, 3.8) is 0 Å². The zero-order valence-corrected chi connectivity index (χ0v) is 20.8. The summed E-state index contributed by atoms with van der Waals surface area (Å²) in [6.07, 6.45) is 6.39. The van der Waals surface area contributed by atoms with E-state index >= 15 is 0 Å². The number of aromatic amines is 1. The van der Waals surface area contributed by atoms with Crippen LogP contribution in [0, 0.1) is 12.8 Å². The molecular weight excluding hydrogens is 478 g/mol. The summed E-state index contributed by atoms with van der Waals surface area (Å²) in [6.45, 7) is 4.16. The van der Waals surface area contributed by atoms with Crippen molar-refractivity contribution < 1.29 is 14.6 Å². The van der Waals surface area contributed by atoms with Crippen molar-refractivity contribution in [1.82, 2.24) is 30.4 Å². The largest absolute Gasteiger partial charge is 0.466 e. The number of H-pyrrole nitrogens is 1. The van der Waals surface area contributed by atoms with Gasteiger partial charge in [0.05, 0.1) is 34.2 Å². The molecule has 0 aliphatic heterocycles. The smallest absolute Gasteiger partial charge is 0.309 e. The molecule has 4 aromatic rings. The molecule has 0 saturated heterocycles. The highest BCUT2D eigenvalue weighted by atomic mass is 32.1. The van der Waals surface area contributed by atoms with Crippen molar-refractivity contribution in [3.8, 4) is 21.8 Å². The lowest BCUT2D eigenvalue weighted by molar-refractivity contribution is -0.150. The maximum atomic E-state index is 12.1. The number of aliphatic hydroxyl groups is 1. The maximum absolute atomic E-state index is 12.1. The Kier molecular flexibility index (Phi) is 7.01. The van der Waals surface area contributed by atoms with Crippen LogP contribution in [0.1, 0.15) is 42.7 Å². The zero-order valence-electron chi connectivity index (χ0n) is 20.0. The van der Waals surface area contributed by atoms with Crippen LogP contribution < -0.4 is 5.32 Å². The van der Waals surface area contributed by atoms with Crippen molar-refractivity contribution in [2.75, 3.05) is 11.9 Å². The third-order valence-corrected chi connectivity index (χ3v) is 7.38. The first kappa shape index (κ1) is 24.0. The first-order valence-corrected chi connectivity index (χ1v) is 12.7. The lowest BCUT2D eigenvalue weighted by atomic mass is 9.80. The summed E-state index contributed by atoms with van der Waals surface area (Å²) in [5.41, 5.74) is 3.45. The molecule has 1 saturated carbocycles. The molecule has 11 heteroatoms. The van der Waals surface area contributed by atoms with Crippen LogP contribution in [-0.2, 0) is 9.53 Å². The van der Waals surface area contributed by atoms with Gasteiger partial charge in [0.15, 0.2) is 0 Å². The molecule has 186 valence electrons. The summed E-state index contributed by atoms with van der Waals surface area (Å²) in [6, 6.07) is 7.72. The normalized spacial score (nSPS) is 19.7. The van der Waals surface area contributed by atoms with Crippen LogP contribution in [0.3, 0.4) is 0 Å². The van der Waals surface area contributed by atoms with Gasteiger partial charge in [0, 0.05) is 30.1 Å². The number of ether oxygens (including phenoxy) is 1. The fourth-order valence-corrected chi connectivity index (χ4v) is 5.55. The van der Waals surface area contributed by atoms with Gasteiger partial charge in [-0.05, 0) is 62.9 Å². The molecule has 0 spiro atoms. The number of carbonyl (C=O) groups is 1. The summed E-state index contributed by atoms with van der Waals surface area (Å²) in [4.78, 5) is 26.8. The Morgan fingerprint density at radius 1 is 1.22 bits per heavy atom. The average Bonchev–Trinajstić information content (AvgIpc) is 3.57. The van der Waals surface area contributed by atoms with Crippen molar-refractivity contribution in [2.45, 2.75) is 45.1 Å². The number of hydrogen-bond donors (Lipinski definition) is 3. The molecule has 10 nitrogen and oxygen atoms in total. The molecule has 3 unspecified atom stereocenters. The predicted octanol–water partition coefficient (Wildman–Crippen LogP) is 4.24. The minimum absolute atomic E-state index is 0.0969. The molecule has 1 fully saturated rings. The van der Waals surface area contributed by atoms with Crippen LogP contribution >= 0.6 is 11.3 Å². The Hall–Kier alpha value is -3.70. The molecule has 0 amide bonds. The third kappa shape index (κ3) is 5.26. The summed E-state index contributed by atoms with van der Waals surface area (Å²) in [5, 5.41) is 25.4. The number of aliphatic hydroxyl groups excluding tert-OH is 1. The second kappa shape index (κ2) is 10.5. The molecule has 0 radical (unpaired) electrons. The van der Waals surface area contributed by atoms with Crippen LogP contribution in [0.4, 0.5) is 11.6 Å². The molecule has 4 heterocycles. The first-order valence-electron chi connectivity index (χ1n) is 11.9. The van der Waals surface area contributed by atoms with E-state index < -0.39 is 6.10 Å². The third-order valence-electron chi connectivity index (χ3n) is 6.23. The monoisotopic (exact) mass is 505 g/mol. The Bertz CT molecular complexity index is 1340. The number of anilines is 2. The van der Waals surface area contributed by atoms with Gasteiger partial charge in [-0.25, -0.2) is 15.0 Å². The van der Waals surface area contributed by atoms with E-state index in [0.717, 1.165) is 32.4 Å². The van der Waals surface area contributed by atoms with Gasteiger partial charge in [0.1, 0.15) is 17.3 Å². The highest BCUT2D eigenvalue weighted by Gasteiger charge is 2.35. The molecule has 4 aromatic heterocycles. The van der Waals surface area contributed by atoms with Crippen molar-refractivity contribution >= 4 is 28.9 Å². The van der Waals surface area contributed by atoms with Crippen LogP contribution in [0.5, 0.6) is 0 Å². The van der Waals surface area contributed by atoms with Gasteiger partial charge in [-0.15, -0.1) is 16.4 Å². The van der Waals surface area contributed by atoms with Gasteiger partial charge in [-0.3, -0.25) is 9.89 Å². The van der Waals surface area contributed by atoms with Crippen molar-refractivity contribution in [1.29, 1.82) is 0 Å². The van der Waals surface area contributed by atoms with E-state index in [4.69, 9.17) is 9.72 Å². The number of pyridine rings is 2. The van der Waals surface area contributed by atoms with E-state index in [9.17, 15) is 9.90 Å². The van der Waals surface area contributed by atoms with Crippen molar-refractivity contribution in [3.05, 3.63) is 53.4 Å². The summed E-state index contributed by atoms with van der Waals surface area (Å²) < 4.78 is 5.13. The molecule has 0 aromatic carbocycles. The van der Waals surface area contributed by atoms with Crippen LogP contribution in [-0.4, -0.2) is 54.1 Å². The number of hydrogen-bond acceptors (Lipinski definition) is 10. The molecule has 1 aliphatic carbocycles. The molecule has 5 rings (SSSR count). The molecule has 3 N–H and O–H groups in total. The molecule has 1 aliphatic rings. The van der Waals surface area contributed by atoms with Gasteiger partial charge >= 0.3 is 5.97 Å². The number of esters is 1. The number of nitrogens with one attached hydrogen (secondary N) is 2. The number of aryl methyl sites for hydroxylation is 1. The molecule has 0 bridgehead atoms. The topological polar surface area (TPSA) is 139 Å². The SMILES string of the molecule is CCOC(=O)C1CCC(c2ncc(-c3cc(C)cc(Nc4cc(-c5c[nH]nn5)ccn4)n3)s2)C(O)C1. The van der Waals surface area contributed by atoms with Crippen LogP contribution in [0.25, 0.3) is 21.8 Å². The van der Waals surface area contributed by atoms with E-state index in [2.05, 4.69) is 30.7 Å². The quantitative estimate of drug-likeness (QED) is 0.315. The van der Waals surface area contributed by atoms with Crippen LogP contribution in [0.2, 0.25) is 0 Å². The lowest BCUT2D eigenvalue weighted by Crippen LogP contribution is -2.32. The Balaban J connectivity index is 1.32. The number of nitrogens with zero attached hydrogens (tertiary/aromatic N) is 5. The lowest BCUT2D eigenvalue weighted by Gasteiger charge is -2.30. The highest BCUT2D eigenvalue weighted by molar-refractivity contribution is 7.15. The standard InChI is InChI=1S/C25H27N7O3S/c1-3-35-25(34)16-4-5-17(20(33)10-16)24-27-13-21(36-24)18-8-14(2)9-23(29-18)30-22-11-15(6-7-26-22)19-12-28-32-31-19/h6-9,11-13,16-17,20,33H,3-5,10H2,1-2H3,(H,26,29,30)(H,28,31,32). The van der Waals surface area contributed by atoms with E-state index in [1.807, 2.05) is 31.2 Å². The van der Waals surface area contributed by atoms with E-state index in [-0.39, 0.29) is 17.8 Å². The first-order chi connectivity index (χ1) is 17.5. The summed E-state index contributed by atoms with van der Waals surface area (Å²) in [7, 11) is 0. The van der Waals surface area contributed by atoms with Gasteiger partial charge < -0.3 is 15.2 Å². The van der Waals surface area contributed by atoms with Gasteiger partial charge in [0.2, 0.25) is 0 Å². The summed E-state index contributed by atoms with van der Waals surface area (Å²) >= 11 is 1.53. The Labute approximate surface area is 212 Å². The minimum Gasteiger partial charge on any atom is -0.466 e. The van der Waals surface area contributed by atoms with Gasteiger partial charge in [-0.2, -0.15) is 0 Å².